The molecule has 0 radical (unpaired) electrons. The van der Waals surface area contributed by atoms with Gasteiger partial charge in [-0.15, -0.1) is 0 Å². The Morgan fingerprint density at radius 3 is 1.66 bits per heavy atom. The first-order valence-corrected chi connectivity index (χ1v) is 12.8. The van der Waals surface area contributed by atoms with Gasteiger partial charge in [0.1, 0.15) is 0 Å². The topological polar surface area (TPSA) is 26.3 Å². The molecule has 0 saturated heterocycles. The van der Waals surface area contributed by atoms with Gasteiger partial charge in [0.15, 0.2) is 0 Å². The second-order valence-electron chi connectivity index (χ2n) is 8.28. The molecule has 0 aliphatic heterocycles. The highest BCUT2D eigenvalue weighted by atomic mass is 16.5. The fraction of sp³-hybridized carbons (Fsp3) is 0.815. The molecule has 0 aliphatic rings. The van der Waals surface area contributed by atoms with Gasteiger partial charge < -0.3 is 4.74 Å². The molecule has 0 aromatic carbocycles. The minimum atomic E-state index is -0.00601. The second-order valence-corrected chi connectivity index (χ2v) is 8.28. The summed E-state index contributed by atoms with van der Waals surface area (Å²) in [4.78, 5) is 11.7. The first-order chi connectivity index (χ1) is 14.3. The lowest BCUT2D eigenvalue weighted by Gasteiger charge is -2.04. The summed E-state index contributed by atoms with van der Waals surface area (Å²) >= 11 is 0. The van der Waals surface area contributed by atoms with Gasteiger partial charge in [-0.1, -0.05) is 89.5 Å². The van der Waals surface area contributed by atoms with Crippen molar-refractivity contribution in [3.63, 3.8) is 0 Å². The van der Waals surface area contributed by atoms with E-state index < -0.39 is 0 Å². The molecule has 0 aromatic heterocycles. The fourth-order valence-electron chi connectivity index (χ4n) is 3.42. The molecule has 29 heavy (non-hydrogen) atoms. The van der Waals surface area contributed by atoms with Crippen molar-refractivity contribution in [2.75, 3.05) is 6.61 Å². The minimum absolute atomic E-state index is 0.00601. The Balaban J connectivity index is 3.22. The molecule has 2 nitrogen and oxygen atoms in total. The lowest BCUT2D eigenvalue weighted by Crippen LogP contribution is -2.05. The Morgan fingerprint density at radius 1 is 0.586 bits per heavy atom. The van der Waals surface area contributed by atoms with Crippen molar-refractivity contribution in [2.24, 2.45) is 0 Å². The van der Waals surface area contributed by atoms with Crippen molar-refractivity contribution in [2.45, 2.75) is 136 Å². The summed E-state index contributed by atoms with van der Waals surface area (Å²) in [6, 6.07) is 0. The van der Waals surface area contributed by atoms with E-state index in [-0.39, 0.29) is 5.97 Å². The Hall–Kier alpha value is -1.05. The predicted molar refractivity (Wildman–Crippen MR) is 128 cm³/mol. The normalized spacial score (nSPS) is 11.7. The molecule has 0 unspecified atom stereocenters. The summed E-state index contributed by atoms with van der Waals surface area (Å²) in [5, 5.41) is 0. The summed E-state index contributed by atoms with van der Waals surface area (Å²) in [5.74, 6) is -0.00601. The van der Waals surface area contributed by atoms with Crippen LogP contribution >= 0.6 is 0 Å². The van der Waals surface area contributed by atoms with Crippen LogP contribution in [-0.2, 0) is 9.53 Å². The molecular formula is C27H50O2. The van der Waals surface area contributed by atoms with Gasteiger partial charge in [-0.25, -0.2) is 0 Å². The highest BCUT2D eigenvalue weighted by Crippen LogP contribution is 2.10. The lowest BCUT2D eigenvalue weighted by molar-refractivity contribution is -0.143. The summed E-state index contributed by atoms with van der Waals surface area (Å²) in [6.07, 6.45) is 32.1. The van der Waals surface area contributed by atoms with Crippen molar-refractivity contribution in [3.05, 3.63) is 24.3 Å². The molecule has 0 fully saturated rings. The highest BCUT2D eigenvalue weighted by molar-refractivity contribution is 5.69. The average Bonchev–Trinajstić information content (AvgIpc) is 2.72. The largest absolute Gasteiger partial charge is 0.466 e. The second kappa shape index (κ2) is 25.0. The van der Waals surface area contributed by atoms with E-state index in [1.165, 1.54) is 77.0 Å². The highest BCUT2D eigenvalue weighted by Gasteiger charge is 2.02. The van der Waals surface area contributed by atoms with Gasteiger partial charge in [-0.2, -0.15) is 0 Å². The van der Waals surface area contributed by atoms with Crippen LogP contribution in [0.1, 0.15) is 136 Å². The van der Waals surface area contributed by atoms with Gasteiger partial charge in [0.05, 0.1) is 6.61 Å². The van der Waals surface area contributed by atoms with Crippen LogP contribution in [0.5, 0.6) is 0 Å². The lowest BCUT2D eigenvalue weighted by atomic mass is 10.1. The molecule has 0 atom stereocenters. The van der Waals surface area contributed by atoms with Gasteiger partial charge in [-0.05, 0) is 64.2 Å². The molecule has 0 N–H and O–H groups in total. The maximum Gasteiger partial charge on any atom is 0.305 e. The van der Waals surface area contributed by atoms with Crippen LogP contribution in [-0.4, -0.2) is 12.6 Å². The van der Waals surface area contributed by atoms with Crippen LogP contribution in [0, 0.1) is 0 Å². The molecule has 0 saturated carbocycles. The van der Waals surface area contributed by atoms with E-state index in [1.807, 2.05) is 0 Å². The molecule has 0 amide bonds. The van der Waals surface area contributed by atoms with Crippen LogP contribution in [0.2, 0.25) is 0 Å². The predicted octanol–water partition coefficient (Wildman–Crippen LogP) is 9.09. The van der Waals surface area contributed by atoms with E-state index in [0.29, 0.717) is 13.0 Å². The maximum absolute atomic E-state index is 11.7. The van der Waals surface area contributed by atoms with Crippen LogP contribution in [0.4, 0.5) is 0 Å². The Morgan fingerprint density at radius 2 is 1.07 bits per heavy atom. The van der Waals surface area contributed by atoms with Gasteiger partial charge in [0, 0.05) is 6.42 Å². The maximum atomic E-state index is 11.7. The standard InChI is InChI=1S/C27H50O2/c1-3-5-7-9-11-12-13-14-15-16-17-18-19-21-23-25-27(28)29-26-24-22-20-10-8-6-4-2/h6,8,14-15H,3-5,7,9-13,16-26H2,1-2H3/b8-6?,15-14-. The number of esters is 1. The summed E-state index contributed by atoms with van der Waals surface area (Å²) in [5.41, 5.74) is 0. The number of hydrogen-bond acceptors (Lipinski definition) is 2. The summed E-state index contributed by atoms with van der Waals surface area (Å²) in [6.45, 7) is 5.03. The Bertz CT molecular complexity index is 384. The third-order valence-corrected chi connectivity index (χ3v) is 5.32. The number of ether oxygens (including phenoxy) is 1. The summed E-state index contributed by atoms with van der Waals surface area (Å²) in [7, 11) is 0. The molecular weight excluding hydrogens is 356 g/mol. The molecule has 0 bridgehead atoms. The van der Waals surface area contributed by atoms with E-state index in [9.17, 15) is 4.79 Å². The molecule has 0 spiro atoms. The van der Waals surface area contributed by atoms with Gasteiger partial charge in [0.25, 0.3) is 0 Å². The zero-order valence-electron chi connectivity index (χ0n) is 19.8. The van der Waals surface area contributed by atoms with Crippen LogP contribution in [0.3, 0.4) is 0 Å². The molecule has 0 aliphatic carbocycles. The van der Waals surface area contributed by atoms with E-state index in [1.54, 1.807) is 0 Å². The van der Waals surface area contributed by atoms with Gasteiger partial charge in [0.2, 0.25) is 0 Å². The molecule has 170 valence electrons. The Kier molecular flexibility index (Phi) is 24.1. The Labute approximate surface area is 182 Å². The van der Waals surface area contributed by atoms with Crippen LogP contribution in [0.25, 0.3) is 0 Å². The van der Waals surface area contributed by atoms with Gasteiger partial charge in [-0.3, -0.25) is 4.79 Å². The SMILES string of the molecule is CCC=CCCCCCOC(=O)CCCCCCC/C=C\CCCCCCCC. The molecule has 2 heteroatoms. The number of carbonyl (C=O) groups excluding carboxylic acids is 1. The number of hydrogen-bond donors (Lipinski definition) is 0. The zero-order valence-corrected chi connectivity index (χ0v) is 19.8. The van der Waals surface area contributed by atoms with Crippen molar-refractivity contribution in [3.8, 4) is 0 Å². The van der Waals surface area contributed by atoms with E-state index in [4.69, 9.17) is 4.74 Å². The molecule has 0 aromatic rings. The summed E-state index contributed by atoms with van der Waals surface area (Å²) < 4.78 is 5.32. The quantitative estimate of drug-likeness (QED) is 0.102. The average molecular weight is 407 g/mol. The van der Waals surface area contributed by atoms with Crippen molar-refractivity contribution in [1.29, 1.82) is 0 Å². The van der Waals surface area contributed by atoms with Gasteiger partial charge >= 0.3 is 5.97 Å². The third-order valence-electron chi connectivity index (χ3n) is 5.32. The monoisotopic (exact) mass is 406 g/mol. The van der Waals surface area contributed by atoms with Crippen molar-refractivity contribution >= 4 is 5.97 Å². The number of rotatable bonds is 22. The van der Waals surface area contributed by atoms with Crippen molar-refractivity contribution < 1.29 is 9.53 Å². The van der Waals surface area contributed by atoms with Crippen LogP contribution in [0.15, 0.2) is 24.3 Å². The first kappa shape index (κ1) is 27.9. The smallest absolute Gasteiger partial charge is 0.305 e. The first-order valence-electron chi connectivity index (χ1n) is 12.8. The molecule has 0 heterocycles. The number of allylic oxidation sites excluding steroid dienone is 4. The third kappa shape index (κ3) is 24.9. The fourth-order valence-corrected chi connectivity index (χ4v) is 3.42. The minimum Gasteiger partial charge on any atom is -0.466 e. The van der Waals surface area contributed by atoms with E-state index in [0.717, 1.165) is 38.5 Å². The van der Waals surface area contributed by atoms with E-state index >= 15 is 0 Å². The van der Waals surface area contributed by atoms with E-state index in [2.05, 4.69) is 38.2 Å². The zero-order chi connectivity index (χ0) is 21.3. The van der Waals surface area contributed by atoms with Crippen LogP contribution < -0.4 is 0 Å². The molecule has 0 rings (SSSR count). The number of unbranched alkanes of at least 4 members (excludes halogenated alkanes) is 14. The number of carbonyl (C=O) groups is 1. The van der Waals surface area contributed by atoms with Crippen molar-refractivity contribution in [1.82, 2.24) is 0 Å².